The van der Waals surface area contributed by atoms with E-state index in [1.807, 2.05) is 0 Å². The molecule has 7 heteroatoms. The Balaban J connectivity index is 2.11. The molecule has 0 fully saturated rings. The number of carbonyl (C=O) groups is 1. The Bertz CT molecular complexity index is 586. The Morgan fingerprint density at radius 1 is 1.23 bits per heavy atom. The highest BCUT2D eigenvalue weighted by molar-refractivity contribution is 5.97. The summed E-state index contributed by atoms with van der Waals surface area (Å²) < 4.78 is 48.0. The van der Waals surface area contributed by atoms with E-state index in [-0.39, 0.29) is 12.5 Å². The van der Waals surface area contributed by atoms with Crippen LogP contribution in [-0.2, 0) is 20.4 Å². The molecule has 0 bridgehead atoms. The van der Waals surface area contributed by atoms with Gasteiger partial charge in [0.25, 0.3) is 0 Å². The molecule has 1 aliphatic heterocycles. The lowest BCUT2D eigenvalue weighted by Crippen LogP contribution is -2.31. The zero-order chi connectivity index (χ0) is 16.5. The van der Waals surface area contributed by atoms with Crippen LogP contribution in [0.4, 0.5) is 13.2 Å². The lowest BCUT2D eigenvalue weighted by molar-refractivity contribution is -0.156. The fraction of sp³-hybridized carbons (Fsp3) is 0.467. The molecule has 22 heavy (non-hydrogen) atoms. The molecule has 1 atom stereocenters. The number of benzene rings is 1. The van der Waals surface area contributed by atoms with Crippen molar-refractivity contribution >= 4 is 11.9 Å². The first-order valence-corrected chi connectivity index (χ1v) is 6.67. The van der Waals surface area contributed by atoms with Crippen LogP contribution in [0.2, 0.25) is 0 Å². The Labute approximate surface area is 125 Å². The van der Waals surface area contributed by atoms with Gasteiger partial charge < -0.3 is 9.47 Å². The molecule has 4 nitrogen and oxygen atoms in total. The molecule has 0 saturated carbocycles. The van der Waals surface area contributed by atoms with Crippen molar-refractivity contribution in [1.29, 1.82) is 0 Å². The molecular formula is C15H16F3NO3. The minimum Gasteiger partial charge on any atom is -0.475 e. The van der Waals surface area contributed by atoms with Crippen molar-refractivity contribution in [3.63, 3.8) is 0 Å². The van der Waals surface area contributed by atoms with Gasteiger partial charge in [-0.05, 0) is 45.0 Å². The standard InChI is InChI=1S/C15H16F3NO3/c1-14(2,3)22-13(20)11-8-21-12(19-11)9-4-6-10(7-5-9)15(16,17)18/h4-7,11H,8H2,1-3H3/t11-/m0/s1. The van der Waals surface area contributed by atoms with E-state index in [0.717, 1.165) is 12.1 Å². The van der Waals surface area contributed by atoms with Crippen LogP contribution in [0.15, 0.2) is 29.3 Å². The maximum absolute atomic E-state index is 12.5. The lowest BCUT2D eigenvalue weighted by atomic mass is 10.1. The predicted octanol–water partition coefficient (Wildman–Crippen LogP) is 3.19. The number of alkyl halides is 3. The molecule has 0 aliphatic carbocycles. The SMILES string of the molecule is CC(C)(C)OC(=O)[C@@H]1COC(c2ccc(C(F)(F)F)cc2)=N1. The van der Waals surface area contributed by atoms with E-state index in [1.54, 1.807) is 20.8 Å². The zero-order valence-corrected chi connectivity index (χ0v) is 12.4. The second kappa shape index (κ2) is 5.62. The van der Waals surface area contributed by atoms with Gasteiger partial charge in [-0.2, -0.15) is 13.2 Å². The molecule has 0 saturated heterocycles. The van der Waals surface area contributed by atoms with Gasteiger partial charge in [0, 0.05) is 5.56 Å². The maximum atomic E-state index is 12.5. The third-order valence-electron chi connectivity index (χ3n) is 2.79. The average Bonchev–Trinajstić information content (AvgIpc) is 2.85. The number of rotatable bonds is 2. The third kappa shape index (κ3) is 3.99. The molecule has 0 aromatic heterocycles. The van der Waals surface area contributed by atoms with Gasteiger partial charge in [0.05, 0.1) is 5.56 Å². The van der Waals surface area contributed by atoms with E-state index in [9.17, 15) is 18.0 Å². The van der Waals surface area contributed by atoms with Gasteiger partial charge in [-0.3, -0.25) is 0 Å². The largest absolute Gasteiger partial charge is 0.475 e. The summed E-state index contributed by atoms with van der Waals surface area (Å²) in [5.74, 6) is -0.376. The number of hydrogen-bond acceptors (Lipinski definition) is 4. The Hall–Kier alpha value is -2.05. The fourth-order valence-electron chi connectivity index (χ4n) is 1.82. The molecule has 0 radical (unpaired) electrons. The van der Waals surface area contributed by atoms with E-state index in [1.165, 1.54) is 12.1 Å². The fourth-order valence-corrected chi connectivity index (χ4v) is 1.82. The molecule has 1 aromatic carbocycles. The van der Waals surface area contributed by atoms with Crippen molar-refractivity contribution in [3.05, 3.63) is 35.4 Å². The van der Waals surface area contributed by atoms with Crippen LogP contribution >= 0.6 is 0 Å². The van der Waals surface area contributed by atoms with Crippen LogP contribution in [-0.4, -0.2) is 30.1 Å². The lowest BCUT2D eigenvalue weighted by Gasteiger charge is -2.20. The van der Waals surface area contributed by atoms with Crippen molar-refractivity contribution in [3.8, 4) is 0 Å². The molecule has 2 rings (SSSR count). The van der Waals surface area contributed by atoms with Gasteiger partial charge in [0.2, 0.25) is 5.90 Å². The zero-order valence-electron chi connectivity index (χ0n) is 12.4. The van der Waals surface area contributed by atoms with E-state index < -0.39 is 29.4 Å². The summed E-state index contributed by atoms with van der Waals surface area (Å²) in [5, 5.41) is 0. The van der Waals surface area contributed by atoms with Gasteiger partial charge in [-0.25, -0.2) is 9.79 Å². The number of halogens is 3. The highest BCUT2D eigenvalue weighted by atomic mass is 19.4. The van der Waals surface area contributed by atoms with Crippen LogP contribution in [0.25, 0.3) is 0 Å². The normalized spacial score (nSPS) is 18.6. The summed E-state index contributed by atoms with van der Waals surface area (Å²) in [6.07, 6.45) is -4.39. The Morgan fingerprint density at radius 3 is 2.32 bits per heavy atom. The molecular weight excluding hydrogens is 299 g/mol. The summed E-state index contributed by atoms with van der Waals surface area (Å²) in [7, 11) is 0. The summed E-state index contributed by atoms with van der Waals surface area (Å²) >= 11 is 0. The number of hydrogen-bond donors (Lipinski definition) is 0. The van der Waals surface area contributed by atoms with E-state index in [4.69, 9.17) is 9.47 Å². The van der Waals surface area contributed by atoms with Crippen LogP contribution in [0.1, 0.15) is 31.9 Å². The van der Waals surface area contributed by atoms with Crippen molar-refractivity contribution in [1.82, 2.24) is 0 Å². The monoisotopic (exact) mass is 315 g/mol. The molecule has 0 unspecified atom stereocenters. The molecule has 0 N–H and O–H groups in total. The van der Waals surface area contributed by atoms with Crippen LogP contribution in [0.5, 0.6) is 0 Å². The van der Waals surface area contributed by atoms with Crippen LogP contribution in [0.3, 0.4) is 0 Å². The molecule has 0 spiro atoms. The van der Waals surface area contributed by atoms with Gasteiger partial charge in [-0.1, -0.05) is 0 Å². The third-order valence-corrected chi connectivity index (χ3v) is 2.79. The smallest absolute Gasteiger partial charge is 0.416 e. The van der Waals surface area contributed by atoms with Crippen LogP contribution < -0.4 is 0 Å². The van der Waals surface area contributed by atoms with Crippen LogP contribution in [0, 0.1) is 0 Å². The minimum atomic E-state index is -4.39. The first kappa shape index (κ1) is 16.3. The van der Waals surface area contributed by atoms with Gasteiger partial charge >= 0.3 is 12.1 Å². The summed E-state index contributed by atoms with van der Waals surface area (Å²) in [6.45, 7) is 5.23. The summed E-state index contributed by atoms with van der Waals surface area (Å²) in [4.78, 5) is 15.9. The first-order valence-electron chi connectivity index (χ1n) is 6.67. The maximum Gasteiger partial charge on any atom is 0.416 e. The summed E-state index contributed by atoms with van der Waals surface area (Å²) in [6, 6.07) is 3.62. The highest BCUT2D eigenvalue weighted by Crippen LogP contribution is 2.29. The van der Waals surface area contributed by atoms with Gasteiger partial charge in [-0.15, -0.1) is 0 Å². The first-order chi connectivity index (χ1) is 10.1. The van der Waals surface area contributed by atoms with Gasteiger partial charge in [0.1, 0.15) is 12.2 Å². The predicted molar refractivity (Wildman–Crippen MR) is 73.6 cm³/mol. The molecule has 0 amide bonds. The molecule has 1 heterocycles. The number of esters is 1. The van der Waals surface area contributed by atoms with E-state index in [2.05, 4.69) is 4.99 Å². The Kier molecular flexibility index (Phi) is 4.17. The number of ether oxygens (including phenoxy) is 2. The van der Waals surface area contributed by atoms with E-state index >= 15 is 0 Å². The average molecular weight is 315 g/mol. The number of aliphatic imine (C=N–C) groups is 1. The summed E-state index contributed by atoms with van der Waals surface area (Å²) in [5.41, 5.74) is -0.999. The van der Waals surface area contributed by atoms with Crippen molar-refractivity contribution < 1.29 is 27.4 Å². The highest BCUT2D eigenvalue weighted by Gasteiger charge is 2.32. The van der Waals surface area contributed by atoms with Crippen molar-refractivity contribution in [2.24, 2.45) is 4.99 Å². The quantitative estimate of drug-likeness (QED) is 0.788. The minimum absolute atomic E-state index is 0.0191. The molecule has 1 aliphatic rings. The van der Waals surface area contributed by atoms with E-state index in [0.29, 0.717) is 5.56 Å². The number of nitrogens with zero attached hydrogens (tertiary/aromatic N) is 1. The Morgan fingerprint density at radius 2 is 1.82 bits per heavy atom. The van der Waals surface area contributed by atoms with Gasteiger partial charge in [0.15, 0.2) is 6.04 Å². The van der Waals surface area contributed by atoms with Crippen molar-refractivity contribution in [2.45, 2.75) is 38.6 Å². The molecule has 1 aromatic rings. The topological polar surface area (TPSA) is 47.9 Å². The second-order valence-corrected chi connectivity index (χ2v) is 5.87. The second-order valence-electron chi connectivity index (χ2n) is 5.87. The van der Waals surface area contributed by atoms with Crippen molar-refractivity contribution in [2.75, 3.05) is 6.61 Å². The number of carbonyl (C=O) groups excluding carboxylic acids is 1. The molecule has 120 valence electrons.